The molecule has 0 aliphatic heterocycles. The lowest BCUT2D eigenvalue weighted by Crippen LogP contribution is -2.22. The molecular weight excluding hydrogens is 332 g/mol. The van der Waals surface area contributed by atoms with Gasteiger partial charge in [-0.15, -0.1) is 0 Å². The maximum absolute atomic E-state index is 12.1. The van der Waals surface area contributed by atoms with Gasteiger partial charge in [0.05, 0.1) is 42.7 Å². The van der Waals surface area contributed by atoms with Crippen molar-refractivity contribution in [2.24, 2.45) is 0 Å². The molecule has 7 heteroatoms. The Morgan fingerprint density at radius 3 is 2.54 bits per heavy atom. The summed E-state index contributed by atoms with van der Waals surface area (Å²) in [4.78, 5) is 23.6. The normalized spacial score (nSPS) is 9.96. The number of hydrogen-bond donors (Lipinski definition) is 2. The van der Waals surface area contributed by atoms with E-state index in [1.54, 1.807) is 19.2 Å². The predicted octanol–water partition coefficient (Wildman–Crippen LogP) is 3.19. The third kappa shape index (κ3) is 4.39. The molecule has 0 aliphatic carbocycles. The fraction of sp³-hybridized carbons (Fsp3) is 0.176. The first-order valence-electron chi connectivity index (χ1n) is 7.09. The van der Waals surface area contributed by atoms with Gasteiger partial charge in [0.15, 0.2) is 0 Å². The fourth-order valence-corrected chi connectivity index (χ4v) is 2.19. The van der Waals surface area contributed by atoms with Gasteiger partial charge in [0, 0.05) is 0 Å². The standard InChI is InChI=1S/C17H17ClN2O4/c1-23-15-6-4-3-5-13(15)19-10-16(21)20-14-9-11(17(22)24-2)7-8-12(14)18/h3-9,19H,10H2,1-2H3,(H,20,21). The number of carbonyl (C=O) groups excluding carboxylic acids is 2. The van der Waals surface area contributed by atoms with Gasteiger partial charge >= 0.3 is 5.97 Å². The number of hydrogen-bond acceptors (Lipinski definition) is 5. The van der Waals surface area contributed by atoms with Crippen molar-refractivity contribution < 1.29 is 19.1 Å². The lowest BCUT2D eigenvalue weighted by molar-refractivity contribution is -0.114. The minimum Gasteiger partial charge on any atom is -0.495 e. The summed E-state index contributed by atoms with van der Waals surface area (Å²) in [6.45, 7) is 0.0130. The Kier molecular flexibility index (Phi) is 6.03. The first-order chi connectivity index (χ1) is 11.5. The van der Waals surface area contributed by atoms with E-state index in [0.717, 1.165) is 0 Å². The molecule has 2 N–H and O–H groups in total. The van der Waals surface area contributed by atoms with Crippen molar-refractivity contribution in [2.45, 2.75) is 0 Å². The molecule has 126 valence electrons. The molecule has 0 aliphatic rings. The Bertz CT molecular complexity index is 749. The lowest BCUT2D eigenvalue weighted by atomic mass is 10.2. The zero-order chi connectivity index (χ0) is 17.5. The second kappa shape index (κ2) is 8.21. The van der Waals surface area contributed by atoms with E-state index in [9.17, 15) is 9.59 Å². The SMILES string of the molecule is COC(=O)c1ccc(Cl)c(NC(=O)CNc2ccccc2OC)c1. The Balaban J connectivity index is 2.03. The van der Waals surface area contributed by atoms with Crippen LogP contribution in [0.4, 0.5) is 11.4 Å². The molecule has 24 heavy (non-hydrogen) atoms. The molecule has 0 fully saturated rings. The topological polar surface area (TPSA) is 76.7 Å². The van der Waals surface area contributed by atoms with Crippen molar-refractivity contribution in [3.63, 3.8) is 0 Å². The summed E-state index contributed by atoms with van der Waals surface area (Å²) in [7, 11) is 2.84. The number of amides is 1. The number of nitrogens with one attached hydrogen (secondary N) is 2. The number of esters is 1. The van der Waals surface area contributed by atoms with Crippen molar-refractivity contribution in [1.29, 1.82) is 0 Å². The Morgan fingerprint density at radius 2 is 1.83 bits per heavy atom. The number of para-hydroxylation sites is 2. The van der Waals surface area contributed by atoms with Gasteiger partial charge in [-0.1, -0.05) is 23.7 Å². The van der Waals surface area contributed by atoms with E-state index in [1.165, 1.54) is 25.3 Å². The predicted molar refractivity (Wildman–Crippen MR) is 92.9 cm³/mol. The van der Waals surface area contributed by atoms with Crippen LogP contribution < -0.4 is 15.4 Å². The van der Waals surface area contributed by atoms with Gasteiger partial charge in [0.1, 0.15) is 5.75 Å². The van der Waals surface area contributed by atoms with Crippen LogP contribution in [0.25, 0.3) is 0 Å². The minimum atomic E-state index is -0.505. The lowest BCUT2D eigenvalue weighted by Gasteiger charge is -2.12. The third-order valence-corrected chi connectivity index (χ3v) is 3.54. The van der Waals surface area contributed by atoms with Crippen molar-refractivity contribution in [3.8, 4) is 5.75 Å². The molecule has 1 amide bonds. The minimum absolute atomic E-state index is 0.0130. The van der Waals surface area contributed by atoms with Gasteiger partial charge in [-0.2, -0.15) is 0 Å². The molecule has 0 saturated heterocycles. The molecule has 0 aromatic heterocycles. The summed E-state index contributed by atoms with van der Waals surface area (Å²) >= 11 is 6.05. The van der Waals surface area contributed by atoms with Crippen LogP contribution in [0.1, 0.15) is 10.4 Å². The van der Waals surface area contributed by atoms with Gasteiger partial charge in [-0.05, 0) is 30.3 Å². The maximum Gasteiger partial charge on any atom is 0.337 e. The van der Waals surface area contributed by atoms with E-state index in [4.69, 9.17) is 16.3 Å². The van der Waals surface area contributed by atoms with E-state index < -0.39 is 5.97 Å². The van der Waals surface area contributed by atoms with Crippen LogP contribution in [-0.4, -0.2) is 32.6 Å². The van der Waals surface area contributed by atoms with Gasteiger partial charge < -0.3 is 20.1 Å². The first-order valence-corrected chi connectivity index (χ1v) is 7.47. The van der Waals surface area contributed by atoms with Crippen LogP contribution in [0, 0.1) is 0 Å². The Hall–Kier alpha value is -2.73. The molecule has 0 saturated carbocycles. The molecule has 0 unspecified atom stereocenters. The second-order valence-electron chi connectivity index (χ2n) is 4.79. The molecule has 0 heterocycles. The molecular formula is C17H17ClN2O4. The van der Waals surface area contributed by atoms with Crippen LogP contribution in [-0.2, 0) is 9.53 Å². The van der Waals surface area contributed by atoms with Crippen molar-refractivity contribution in [1.82, 2.24) is 0 Å². The van der Waals surface area contributed by atoms with Crippen LogP contribution in [0.2, 0.25) is 5.02 Å². The van der Waals surface area contributed by atoms with Gasteiger partial charge in [0.2, 0.25) is 5.91 Å². The molecule has 2 aromatic rings. The van der Waals surface area contributed by atoms with Crippen molar-refractivity contribution >= 4 is 34.9 Å². The summed E-state index contributed by atoms with van der Waals surface area (Å²) in [6, 6.07) is 11.8. The fourth-order valence-electron chi connectivity index (χ4n) is 2.03. The first kappa shape index (κ1) is 17.6. The van der Waals surface area contributed by atoms with Crippen molar-refractivity contribution in [2.75, 3.05) is 31.4 Å². The highest BCUT2D eigenvalue weighted by Gasteiger charge is 2.11. The quantitative estimate of drug-likeness (QED) is 0.784. The highest BCUT2D eigenvalue weighted by atomic mass is 35.5. The molecule has 0 radical (unpaired) electrons. The van der Waals surface area contributed by atoms with Gasteiger partial charge in [-0.3, -0.25) is 4.79 Å². The summed E-state index contributed by atoms with van der Waals surface area (Å²) in [5.41, 5.74) is 1.34. The Labute approximate surface area is 144 Å². The number of benzene rings is 2. The van der Waals surface area contributed by atoms with E-state index in [1.807, 2.05) is 12.1 Å². The number of methoxy groups -OCH3 is 2. The smallest absolute Gasteiger partial charge is 0.337 e. The summed E-state index contributed by atoms with van der Waals surface area (Å²) in [5.74, 6) is -0.185. The van der Waals surface area contributed by atoms with Crippen LogP contribution in [0.5, 0.6) is 5.75 Å². The average Bonchev–Trinajstić information content (AvgIpc) is 2.61. The number of rotatable bonds is 6. The zero-order valence-corrected chi connectivity index (χ0v) is 14.0. The maximum atomic E-state index is 12.1. The molecule has 2 rings (SSSR count). The monoisotopic (exact) mass is 348 g/mol. The summed E-state index contributed by atoms with van der Waals surface area (Å²) in [6.07, 6.45) is 0. The highest BCUT2D eigenvalue weighted by molar-refractivity contribution is 6.33. The molecule has 0 spiro atoms. The van der Waals surface area contributed by atoms with Crippen LogP contribution >= 0.6 is 11.6 Å². The third-order valence-electron chi connectivity index (χ3n) is 3.21. The number of anilines is 2. The molecule has 0 bridgehead atoms. The van der Waals surface area contributed by atoms with Gasteiger partial charge in [0.25, 0.3) is 0 Å². The molecule has 6 nitrogen and oxygen atoms in total. The summed E-state index contributed by atoms with van der Waals surface area (Å²) in [5, 5.41) is 5.96. The van der Waals surface area contributed by atoms with E-state index in [-0.39, 0.29) is 12.5 Å². The van der Waals surface area contributed by atoms with Crippen molar-refractivity contribution in [3.05, 3.63) is 53.1 Å². The van der Waals surface area contributed by atoms with Gasteiger partial charge in [-0.25, -0.2) is 4.79 Å². The van der Waals surface area contributed by atoms with E-state index >= 15 is 0 Å². The molecule has 0 atom stereocenters. The number of carbonyl (C=O) groups is 2. The van der Waals surface area contributed by atoms with E-state index in [2.05, 4.69) is 15.4 Å². The Morgan fingerprint density at radius 1 is 1.08 bits per heavy atom. The largest absolute Gasteiger partial charge is 0.495 e. The zero-order valence-electron chi connectivity index (χ0n) is 13.3. The van der Waals surface area contributed by atoms with Crippen LogP contribution in [0.3, 0.4) is 0 Å². The average molecular weight is 349 g/mol. The number of ether oxygens (including phenoxy) is 2. The number of halogens is 1. The highest BCUT2D eigenvalue weighted by Crippen LogP contribution is 2.24. The molecule has 2 aromatic carbocycles. The van der Waals surface area contributed by atoms with E-state index in [0.29, 0.717) is 27.7 Å². The van der Waals surface area contributed by atoms with Crippen LogP contribution in [0.15, 0.2) is 42.5 Å². The second-order valence-corrected chi connectivity index (χ2v) is 5.20. The summed E-state index contributed by atoms with van der Waals surface area (Å²) < 4.78 is 9.85.